The number of hydrogen-bond donors (Lipinski definition) is 1. The molecule has 0 spiro atoms. The number of piperazine rings is 1. The highest BCUT2D eigenvalue weighted by Crippen LogP contribution is 2.04. The van der Waals surface area contributed by atoms with E-state index >= 15 is 0 Å². The fourth-order valence-electron chi connectivity index (χ4n) is 1.94. The summed E-state index contributed by atoms with van der Waals surface area (Å²) in [5.41, 5.74) is 0. The first-order valence-corrected chi connectivity index (χ1v) is 6.02. The Morgan fingerprint density at radius 1 is 1.27 bits per heavy atom. The van der Waals surface area contributed by atoms with E-state index in [9.17, 15) is 0 Å². The molecule has 0 aromatic carbocycles. The first-order valence-electron chi connectivity index (χ1n) is 6.02. The van der Waals surface area contributed by atoms with E-state index < -0.39 is 0 Å². The van der Waals surface area contributed by atoms with E-state index in [0.717, 1.165) is 13.1 Å². The van der Waals surface area contributed by atoms with Gasteiger partial charge in [0.15, 0.2) is 0 Å². The van der Waals surface area contributed by atoms with Crippen molar-refractivity contribution in [1.82, 2.24) is 15.1 Å². The zero-order valence-electron chi connectivity index (χ0n) is 10.2. The Kier molecular flexibility index (Phi) is 5.91. The van der Waals surface area contributed by atoms with Crippen molar-refractivity contribution in [1.29, 1.82) is 0 Å². The zero-order chi connectivity index (χ0) is 11.1. The van der Waals surface area contributed by atoms with E-state index in [4.69, 9.17) is 0 Å². The van der Waals surface area contributed by atoms with E-state index in [0.29, 0.717) is 6.04 Å². The summed E-state index contributed by atoms with van der Waals surface area (Å²) in [6.45, 7) is 16.3. The third-order valence-corrected chi connectivity index (χ3v) is 3.03. The van der Waals surface area contributed by atoms with Gasteiger partial charge < -0.3 is 5.32 Å². The average molecular weight is 211 g/mol. The predicted octanol–water partition coefficient (Wildman–Crippen LogP) is 0.788. The summed E-state index contributed by atoms with van der Waals surface area (Å²) in [4.78, 5) is 5.09. The molecule has 0 amide bonds. The van der Waals surface area contributed by atoms with Crippen LogP contribution in [0.25, 0.3) is 0 Å². The molecule has 3 heteroatoms. The normalized spacial score (nSPS) is 19.7. The summed E-state index contributed by atoms with van der Waals surface area (Å²) >= 11 is 0. The van der Waals surface area contributed by atoms with Crippen LogP contribution in [0, 0.1) is 0 Å². The molecule has 0 aromatic rings. The van der Waals surface area contributed by atoms with E-state index in [2.05, 4.69) is 35.5 Å². The molecule has 0 saturated carbocycles. The second-order valence-electron chi connectivity index (χ2n) is 4.46. The van der Waals surface area contributed by atoms with Gasteiger partial charge in [0.25, 0.3) is 0 Å². The van der Waals surface area contributed by atoms with E-state index in [1.165, 1.54) is 32.7 Å². The Morgan fingerprint density at radius 3 is 2.47 bits per heavy atom. The molecule has 0 bridgehead atoms. The van der Waals surface area contributed by atoms with Gasteiger partial charge in [-0.2, -0.15) is 0 Å². The summed E-state index contributed by atoms with van der Waals surface area (Å²) in [7, 11) is 0. The number of nitrogens with one attached hydrogen (secondary N) is 1. The molecular weight excluding hydrogens is 186 g/mol. The number of rotatable bonds is 6. The minimum absolute atomic E-state index is 0.700. The van der Waals surface area contributed by atoms with Crippen LogP contribution in [0.2, 0.25) is 0 Å². The molecule has 0 atom stereocenters. The van der Waals surface area contributed by atoms with Crippen molar-refractivity contribution in [3.8, 4) is 0 Å². The first kappa shape index (κ1) is 12.7. The standard InChI is InChI=1S/C12H25N3/c1-4-5-13-6-7-14-8-10-15(11-9-14)12(2)3/h4,12-13H,1,5-11H2,2-3H3. The van der Waals surface area contributed by atoms with Crippen molar-refractivity contribution in [2.24, 2.45) is 0 Å². The molecule has 1 aliphatic rings. The van der Waals surface area contributed by atoms with Crippen molar-refractivity contribution in [2.75, 3.05) is 45.8 Å². The molecule has 0 radical (unpaired) electrons. The summed E-state index contributed by atoms with van der Waals surface area (Å²) in [6.07, 6.45) is 1.91. The molecule has 1 N–H and O–H groups in total. The van der Waals surface area contributed by atoms with Gasteiger partial charge in [-0.05, 0) is 13.8 Å². The van der Waals surface area contributed by atoms with E-state index in [1.807, 2.05) is 6.08 Å². The van der Waals surface area contributed by atoms with Crippen molar-refractivity contribution in [2.45, 2.75) is 19.9 Å². The lowest BCUT2D eigenvalue weighted by Gasteiger charge is -2.36. The molecule has 0 unspecified atom stereocenters. The van der Waals surface area contributed by atoms with Crippen LogP contribution in [0.3, 0.4) is 0 Å². The third-order valence-electron chi connectivity index (χ3n) is 3.03. The molecule has 88 valence electrons. The van der Waals surface area contributed by atoms with Gasteiger partial charge in [-0.3, -0.25) is 9.80 Å². The highest BCUT2D eigenvalue weighted by atomic mass is 15.3. The second-order valence-corrected chi connectivity index (χ2v) is 4.46. The minimum Gasteiger partial charge on any atom is -0.312 e. The van der Waals surface area contributed by atoms with E-state index in [-0.39, 0.29) is 0 Å². The quantitative estimate of drug-likeness (QED) is 0.517. The molecule has 0 aromatic heterocycles. The lowest BCUT2D eigenvalue weighted by molar-refractivity contribution is 0.109. The SMILES string of the molecule is C=CCNCCN1CCN(C(C)C)CC1. The molecule has 1 heterocycles. The van der Waals surface area contributed by atoms with Crippen LogP contribution in [-0.2, 0) is 0 Å². The maximum absolute atomic E-state index is 3.69. The van der Waals surface area contributed by atoms with Gasteiger partial charge in [-0.1, -0.05) is 6.08 Å². The number of hydrogen-bond acceptors (Lipinski definition) is 3. The van der Waals surface area contributed by atoms with Crippen LogP contribution in [-0.4, -0.2) is 61.7 Å². The van der Waals surface area contributed by atoms with Crippen molar-refractivity contribution < 1.29 is 0 Å². The molecule has 1 fully saturated rings. The van der Waals surface area contributed by atoms with Crippen molar-refractivity contribution in [3.05, 3.63) is 12.7 Å². The van der Waals surface area contributed by atoms with Gasteiger partial charge in [0, 0.05) is 51.9 Å². The summed E-state index contributed by atoms with van der Waals surface area (Å²) < 4.78 is 0. The maximum Gasteiger partial charge on any atom is 0.0132 e. The Morgan fingerprint density at radius 2 is 1.93 bits per heavy atom. The van der Waals surface area contributed by atoms with Crippen molar-refractivity contribution in [3.63, 3.8) is 0 Å². The Hall–Kier alpha value is -0.380. The Balaban J connectivity index is 2.06. The molecule has 0 aliphatic carbocycles. The first-order chi connectivity index (χ1) is 7.24. The van der Waals surface area contributed by atoms with Gasteiger partial charge in [0.1, 0.15) is 0 Å². The number of nitrogens with zero attached hydrogens (tertiary/aromatic N) is 2. The molecule has 3 nitrogen and oxygen atoms in total. The zero-order valence-corrected chi connectivity index (χ0v) is 10.2. The van der Waals surface area contributed by atoms with Gasteiger partial charge in [-0.25, -0.2) is 0 Å². The van der Waals surface area contributed by atoms with Gasteiger partial charge in [0.2, 0.25) is 0 Å². The van der Waals surface area contributed by atoms with Crippen LogP contribution in [0.4, 0.5) is 0 Å². The average Bonchev–Trinajstić information content (AvgIpc) is 2.25. The third kappa shape index (κ3) is 4.78. The Labute approximate surface area is 94.1 Å². The monoisotopic (exact) mass is 211 g/mol. The summed E-state index contributed by atoms with van der Waals surface area (Å²) in [5.74, 6) is 0. The fraction of sp³-hybridized carbons (Fsp3) is 0.833. The molecule has 1 saturated heterocycles. The summed E-state index contributed by atoms with van der Waals surface area (Å²) in [6, 6.07) is 0.700. The largest absolute Gasteiger partial charge is 0.312 e. The van der Waals surface area contributed by atoms with E-state index in [1.54, 1.807) is 0 Å². The summed E-state index contributed by atoms with van der Waals surface area (Å²) in [5, 5.41) is 3.34. The highest BCUT2D eigenvalue weighted by molar-refractivity contribution is 4.75. The van der Waals surface area contributed by atoms with Crippen LogP contribution in [0.5, 0.6) is 0 Å². The fourth-order valence-corrected chi connectivity index (χ4v) is 1.94. The lowest BCUT2D eigenvalue weighted by Crippen LogP contribution is -2.50. The lowest BCUT2D eigenvalue weighted by atomic mass is 10.2. The van der Waals surface area contributed by atoms with Gasteiger partial charge in [-0.15, -0.1) is 6.58 Å². The minimum atomic E-state index is 0.700. The van der Waals surface area contributed by atoms with Gasteiger partial charge >= 0.3 is 0 Å². The maximum atomic E-state index is 3.69. The van der Waals surface area contributed by atoms with Crippen molar-refractivity contribution >= 4 is 0 Å². The Bertz CT molecular complexity index is 172. The van der Waals surface area contributed by atoms with Crippen LogP contribution >= 0.6 is 0 Å². The van der Waals surface area contributed by atoms with Crippen LogP contribution in [0.15, 0.2) is 12.7 Å². The van der Waals surface area contributed by atoms with Crippen LogP contribution in [0.1, 0.15) is 13.8 Å². The molecule has 15 heavy (non-hydrogen) atoms. The second kappa shape index (κ2) is 6.99. The molecule has 1 aliphatic heterocycles. The molecule has 1 rings (SSSR count). The topological polar surface area (TPSA) is 18.5 Å². The predicted molar refractivity (Wildman–Crippen MR) is 66.2 cm³/mol. The van der Waals surface area contributed by atoms with Crippen LogP contribution < -0.4 is 5.32 Å². The molecular formula is C12H25N3. The smallest absolute Gasteiger partial charge is 0.0132 e. The van der Waals surface area contributed by atoms with Gasteiger partial charge in [0.05, 0.1) is 0 Å². The highest BCUT2D eigenvalue weighted by Gasteiger charge is 2.17.